The number of carbonyl (C=O) groups excluding carboxylic acids is 1. The number of ether oxygens (including phenoxy) is 2. The van der Waals surface area contributed by atoms with E-state index in [0.29, 0.717) is 30.5 Å². The maximum absolute atomic E-state index is 11.6. The van der Waals surface area contributed by atoms with Gasteiger partial charge in [-0.1, -0.05) is 30.3 Å². The van der Waals surface area contributed by atoms with Crippen molar-refractivity contribution in [3.05, 3.63) is 66.2 Å². The lowest BCUT2D eigenvalue weighted by atomic mass is 10.1. The summed E-state index contributed by atoms with van der Waals surface area (Å²) in [7, 11) is 3.01. The Bertz CT molecular complexity index is 915. The maximum atomic E-state index is 11.6. The monoisotopic (exact) mass is 378 g/mol. The van der Waals surface area contributed by atoms with Crippen LogP contribution in [0.2, 0.25) is 0 Å². The molecule has 0 atom stereocenters. The van der Waals surface area contributed by atoms with Crippen LogP contribution in [0.5, 0.6) is 0 Å². The summed E-state index contributed by atoms with van der Waals surface area (Å²) in [4.78, 5) is 20.7. The number of rotatable bonds is 8. The van der Waals surface area contributed by atoms with Gasteiger partial charge in [-0.25, -0.2) is 9.78 Å². The molecule has 3 rings (SSSR count). The van der Waals surface area contributed by atoms with Crippen LogP contribution in [0.15, 0.2) is 60.7 Å². The average molecular weight is 378 g/mol. The van der Waals surface area contributed by atoms with Crippen molar-refractivity contribution in [3.63, 3.8) is 0 Å². The lowest BCUT2D eigenvalue weighted by Crippen LogP contribution is -2.10. The van der Waals surface area contributed by atoms with Crippen molar-refractivity contribution < 1.29 is 14.3 Å². The first-order valence-electron chi connectivity index (χ1n) is 8.82. The zero-order valence-electron chi connectivity index (χ0n) is 15.8. The normalized spacial score (nSPS) is 10.4. The molecule has 3 aromatic rings. The van der Waals surface area contributed by atoms with E-state index in [0.717, 1.165) is 16.9 Å². The third kappa shape index (κ3) is 5.05. The number of methoxy groups -OCH3 is 2. The summed E-state index contributed by atoms with van der Waals surface area (Å²) in [5.41, 5.74) is 3.03. The van der Waals surface area contributed by atoms with E-state index in [2.05, 4.69) is 20.6 Å². The summed E-state index contributed by atoms with van der Waals surface area (Å²) >= 11 is 0. The molecular weight excluding hydrogens is 356 g/mol. The van der Waals surface area contributed by atoms with E-state index in [-0.39, 0.29) is 5.97 Å². The predicted octanol–water partition coefficient (Wildman–Crippen LogP) is 3.73. The van der Waals surface area contributed by atoms with Gasteiger partial charge in [0.05, 0.1) is 25.0 Å². The summed E-state index contributed by atoms with van der Waals surface area (Å²) in [6.07, 6.45) is 0. The van der Waals surface area contributed by atoms with Gasteiger partial charge in [0.2, 0.25) is 5.95 Å². The number of benzene rings is 2. The van der Waals surface area contributed by atoms with Gasteiger partial charge < -0.3 is 20.1 Å². The average Bonchev–Trinajstić information content (AvgIpc) is 2.74. The van der Waals surface area contributed by atoms with E-state index in [1.165, 1.54) is 7.11 Å². The number of carbonyl (C=O) groups is 1. The number of esters is 1. The molecule has 7 heteroatoms. The van der Waals surface area contributed by atoms with Crippen LogP contribution in [0, 0.1) is 0 Å². The van der Waals surface area contributed by atoms with Crippen LogP contribution in [-0.4, -0.2) is 43.3 Å². The molecule has 0 unspecified atom stereocenters. The fourth-order valence-corrected chi connectivity index (χ4v) is 2.57. The first-order valence-corrected chi connectivity index (χ1v) is 8.82. The molecule has 7 nitrogen and oxygen atoms in total. The predicted molar refractivity (Wildman–Crippen MR) is 109 cm³/mol. The minimum atomic E-state index is -0.376. The van der Waals surface area contributed by atoms with Crippen LogP contribution in [0.4, 0.5) is 17.5 Å². The molecule has 1 heterocycles. The molecule has 2 N–H and O–H groups in total. The lowest BCUT2D eigenvalue weighted by Gasteiger charge is -2.11. The third-order valence-electron chi connectivity index (χ3n) is 3.97. The van der Waals surface area contributed by atoms with Crippen LogP contribution in [0.25, 0.3) is 11.3 Å². The maximum Gasteiger partial charge on any atom is 0.337 e. The van der Waals surface area contributed by atoms with E-state index < -0.39 is 0 Å². The molecule has 0 amide bonds. The fraction of sp³-hybridized carbons (Fsp3) is 0.190. The minimum absolute atomic E-state index is 0.376. The lowest BCUT2D eigenvalue weighted by molar-refractivity contribution is 0.0601. The Kier molecular flexibility index (Phi) is 6.54. The SMILES string of the molecule is COCCNc1cc(-c2ccccc2)nc(Nc2ccc(C(=O)OC)cc2)n1. The van der Waals surface area contributed by atoms with E-state index in [9.17, 15) is 4.79 Å². The van der Waals surface area contributed by atoms with Crippen LogP contribution in [0.1, 0.15) is 10.4 Å². The zero-order chi connectivity index (χ0) is 19.8. The van der Waals surface area contributed by atoms with E-state index in [1.54, 1.807) is 31.4 Å². The fourth-order valence-electron chi connectivity index (χ4n) is 2.57. The van der Waals surface area contributed by atoms with Crippen molar-refractivity contribution in [2.24, 2.45) is 0 Å². The molecule has 0 radical (unpaired) electrons. The Morgan fingerprint density at radius 2 is 1.75 bits per heavy atom. The Morgan fingerprint density at radius 3 is 2.43 bits per heavy atom. The van der Waals surface area contributed by atoms with Crippen molar-refractivity contribution in [2.75, 3.05) is 38.0 Å². The van der Waals surface area contributed by atoms with Crippen LogP contribution >= 0.6 is 0 Å². The highest BCUT2D eigenvalue weighted by Gasteiger charge is 2.09. The molecule has 0 spiro atoms. The van der Waals surface area contributed by atoms with Gasteiger partial charge >= 0.3 is 5.97 Å². The number of nitrogens with one attached hydrogen (secondary N) is 2. The molecule has 0 fully saturated rings. The van der Waals surface area contributed by atoms with Crippen molar-refractivity contribution in [1.82, 2.24) is 9.97 Å². The van der Waals surface area contributed by atoms with Gasteiger partial charge in [0, 0.05) is 31.0 Å². The van der Waals surface area contributed by atoms with Gasteiger partial charge in [0.1, 0.15) is 5.82 Å². The molecule has 0 aliphatic heterocycles. The minimum Gasteiger partial charge on any atom is -0.465 e. The molecule has 0 saturated carbocycles. The number of anilines is 3. The van der Waals surface area contributed by atoms with Gasteiger partial charge in [-0.05, 0) is 24.3 Å². The van der Waals surface area contributed by atoms with Crippen molar-refractivity contribution in [3.8, 4) is 11.3 Å². The molecular formula is C21H22N4O3. The van der Waals surface area contributed by atoms with Gasteiger partial charge in [-0.2, -0.15) is 4.98 Å². The number of hydrogen-bond acceptors (Lipinski definition) is 7. The van der Waals surface area contributed by atoms with Gasteiger partial charge in [0.25, 0.3) is 0 Å². The van der Waals surface area contributed by atoms with Crippen LogP contribution in [0.3, 0.4) is 0 Å². The topological polar surface area (TPSA) is 85.4 Å². The molecule has 28 heavy (non-hydrogen) atoms. The second-order valence-electron chi connectivity index (χ2n) is 5.94. The Morgan fingerprint density at radius 1 is 1.00 bits per heavy atom. The molecule has 1 aromatic heterocycles. The summed E-state index contributed by atoms with van der Waals surface area (Å²) in [5, 5.41) is 6.42. The van der Waals surface area contributed by atoms with Crippen LogP contribution in [-0.2, 0) is 9.47 Å². The summed E-state index contributed by atoms with van der Waals surface area (Å²) < 4.78 is 9.80. The van der Waals surface area contributed by atoms with Gasteiger partial charge in [0.15, 0.2) is 0 Å². The van der Waals surface area contributed by atoms with E-state index in [4.69, 9.17) is 9.47 Å². The number of aromatic nitrogens is 2. The van der Waals surface area contributed by atoms with E-state index in [1.807, 2.05) is 36.4 Å². The first-order chi connectivity index (χ1) is 13.7. The molecule has 0 aliphatic carbocycles. The quantitative estimate of drug-likeness (QED) is 0.456. The Balaban J connectivity index is 1.86. The third-order valence-corrected chi connectivity index (χ3v) is 3.97. The second kappa shape index (κ2) is 9.48. The Hall–Kier alpha value is -3.45. The Labute approximate surface area is 163 Å². The number of nitrogens with zero attached hydrogens (tertiary/aromatic N) is 2. The number of hydrogen-bond donors (Lipinski definition) is 2. The van der Waals surface area contributed by atoms with Crippen molar-refractivity contribution in [1.29, 1.82) is 0 Å². The van der Waals surface area contributed by atoms with E-state index >= 15 is 0 Å². The summed E-state index contributed by atoms with van der Waals surface area (Å²) in [5.74, 6) is 0.769. The molecule has 0 aliphatic rings. The van der Waals surface area contributed by atoms with Crippen molar-refractivity contribution in [2.45, 2.75) is 0 Å². The van der Waals surface area contributed by atoms with Crippen LogP contribution < -0.4 is 10.6 Å². The zero-order valence-corrected chi connectivity index (χ0v) is 15.8. The van der Waals surface area contributed by atoms with Gasteiger partial charge in [-0.15, -0.1) is 0 Å². The van der Waals surface area contributed by atoms with Gasteiger partial charge in [-0.3, -0.25) is 0 Å². The molecule has 144 valence electrons. The smallest absolute Gasteiger partial charge is 0.337 e. The van der Waals surface area contributed by atoms with Crippen molar-refractivity contribution >= 4 is 23.4 Å². The second-order valence-corrected chi connectivity index (χ2v) is 5.94. The summed E-state index contributed by atoms with van der Waals surface area (Å²) in [6, 6.07) is 18.7. The highest BCUT2D eigenvalue weighted by molar-refractivity contribution is 5.89. The first kappa shape index (κ1) is 19.3. The summed E-state index contributed by atoms with van der Waals surface area (Å²) in [6.45, 7) is 1.21. The highest BCUT2D eigenvalue weighted by Crippen LogP contribution is 2.23. The molecule has 2 aromatic carbocycles. The molecule has 0 bridgehead atoms. The highest BCUT2D eigenvalue weighted by atomic mass is 16.5. The molecule has 0 saturated heterocycles. The standard InChI is InChI=1S/C21H22N4O3/c1-27-13-12-22-19-14-18(15-6-4-3-5-7-15)24-21(25-19)23-17-10-8-16(9-11-17)20(26)28-2/h3-11,14H,12-13H2,1-2H3,(H2,22,23,24,25). The largest absolute Gasteiger partial charge is 0.465 e.